The summed E-state index contributed by atoms with van der Waals surface area (Å²) in [6.45, 7) is 0. The summed E-state index contributed by atoms with van der Waals surface area (Å²) in [6, 6.07) is 36.9. The highest BCUT2D eigenvalue weighted by atomic mass is 16.3. The third-order valence-electron chi connectivity index (χ3n) is 10.8. The largest absolute Gasteiger partial charge is 0.456 e. The van der Waals surface area contributed by atoms with Crippen molar-refractivity contribution in [3.05, 3.63) is 246 Å². The maximum atomic E-state index is 9.90. The molecule has 2 nitrogen and oxygen atoms in total. The second-order valence-corrected chi connectivity index (χ2v) is 13.8. The van der Waals surface area contributed by atoms with Gasteiger partial charge in [0.15, 0.2) is 0 Å². The van der Waals surface area contributed by atoms with Crippen LogP contribution in [-0.4, -0.2) is 0 Å². The molecule has 0 fully saturated rings. The molecule has 0 saturated heterocycles. The minimum Gasteiger partial charge on any atom is -0.456 e. The predicted octanol–water partition coefficient (Wildman–Crippen LogP) is 14.8. The van der Waals surface area contributed by atoms with Crippen molar-refractivity contribution in [2.45, 2.75) is 5.41 Å². The third-order valence-corrected chi connectivity index (χ3v) is 10.8. The second kappa shape index (κ2) is 13.4. The van der Waals surface area contributed by atoms with Gasteiger partial charge in [0.2, 0.25) is 0 Å². The van der Waals surface area contributed by atoms with Crippen LogP contribution in [0.5, 0.6) is 0 Å². The van der Waals surface area contributed by atoms with Crippen molar-refractivity contribution in [3.8, 4) is 33.4 Å². The lowest BCUT2D eigenvalue weighted by atomic mass is 9.67. The van der Waals surface area contributed by atoms with Gasteiger partial charge in [-0.15, -0.1) is 0 Å². The Bertz CT molecular complexity index is 3740. The van der Waals surface area contributed by atoms with E-state index in [2.05, 4.69) is 6.07 Å². The van der Waals surface area contributed by atoms with Crippen LogP contribution in [0.2, 0.25) is 0 Å². The molecule has 0 spiro atoms. The van der Waals surface area contributed by atoms with E-state index in [9.17, 15) is 8.22 Å². The van der Waals surface area contributed by atoms with Gasteiger partial charge >= 0.3 is 0 Å². The summed E-state index contributed by atoms with van der Waals surface area (Å²) in [5.74, 6) is 0. The molecule has 0 atom stereocenters. The van der Waals surface area contributed by atoms with Crippen LogP contribution in [0.3, 0.4) is 0 Å². The maximum absolute atomic E-state index is 9.90. The standard InChI is InChI=1S/C55H37NO/c1-4-16-39(17-5-1)45-22-11-14-26-52(45)56(43-31-28-38(29-32-43)40-30-35-54-49(36-40)48-24-12-15-27-53(48)57-54)44-33-34-47-46-23-10-13-25-50(46)55(51(47)37-44,41-18-6-2-7-19-41)42-20-8-3-9-21-42/h1-37H/i1D,4D,5D,11D,14D,16D,17D,22D,26D,28D,29D,31D,32D. The summed E-state index contributed by atoms with van der Waals surface area (Å²) in [6.07, 6.45) is 0. The highest BCUT2D eigenvalue weighted by molar-refractivity contribution is 6.06. The summed E-state index contributed by atoms with van der Waals surface area (Å²) >= 11 is 0. The Morgan fingerprint density at radius 3 is 1.84 bits per heavy atom. The third kappa shape index (κ3) is 5.26. The molecule has 0 amide bonds. The van der Waals surface area contributed by atoms with E-state index in [1.165, 1.54) is 4.90 Å². The quantitative estimate of drug-likeness (QED) is 0.162. The number of hydrogen-bond acceptors (Lipinski definition) is 2. The lowest BCUT2D eigenvalue weighted by molar-refractivity contribution is 0.669. The molecule has 0 unspecified atom stereocenters. The van der Waals surface area contributed by atoms with E-state index in [0.717, 1.165) is 38.8 Å². The first kappa shape index (κ1) is 22.2. The number of furan rings is 1. The summed E-state index contributed by atoms with van der Waals surface area (Å²) in [7, 11) is 0. The minimum absolute atomic E-state index is 0.0386. The van der Waals surface area contributed by atoms with Crippen LogP contribution in [0.1, 0.15) is 40.1 Å². The molecule has 1 aliphatic rings. The van der Waals surface area contributed by atoms with Gasteiger partial charge in [0.25, 0.3) is 0 Å². The topological polar surface area (TPSA) is 16.4 Å². The zero-order valence-electron chi connectivity index (χ0n) is 43.2. The number of rotatable bonds is 7. The van der Waals surface area contributed by atoms with Gasteiger partial charge in [-0.2, -0.15) is 0 Å². The SMILES string of the molecule is [2H]c1c([2H])c([2H])c(-c2c([2H])c([2H])c([2H])c([2H])c2N(c2ccc3c(c2)C(c2ccccc2)(c2ccccc2)c2ccccc2-3)c2c([2H])c([2H])c(-c3ccc4oc5ccccc5c4c3)c([2H])c2[2H])c([2H])c1[2H]. The van der Waals surface area contributed by atoms with Crippen LogP contribution in [0, 0.1) is 0 Å². The zero-order valence-corrected chi connectivity index (χ0v) is 30.2. The van der Waals surface area contributed by atoms with Gasteiger partial charge in [-0.1, -0.05) is 176 Å². The molecule has 9 aromatic carbocycles. The van der Waals surface area contributed by atoms with Gasteiger partial charge < -0.3 is 9.32 Å². The Kier molecular flexibility index (Phi) is 5.22. The average molecular weight is 741 g/mol. The highest BCUT2D eigenvalue weighted by Crippen LogP contribution is 2.57. The summed E-state index contributed by atoms with van der Waals surface area (Å²) in [5, 5.41) is 1.48. The molecule has 268 valence electrons. The molecule has 0 radical (unpaired) electrons. The van der Waals surface area contributed by atoms with E-state index in [1.54, 1.807) is 24.3 Å². The average Bonchev–Trinajstić information content (AvgIpc) is 3.91. The molecule has 1 aliphatic carbocycles. The van der Waals surface area contributed by atoms with E-state index < -0.39 is 106 Å². The fourth-order valence-electron chi connectivity index (χ4n) is 8.41. The van der Waals surface area contributed by atoms with Gasteiger partial charge in [0, 0.05) is 27.7 Å². The van der Waals surface area contributed by atoms with Crippen molar-refractivity contribution >= 4 is 39.0 Å². The van der Waals surface area contributed by atoms with E-state index in [1.807, 2.05) is 115 Å². The number of anilines is 3. The fourth-order valence-corrected chi connectivity index (χ4v) is 8.41. The van der Waals surface area contributed by atoms with Crippen LogP contribution < -0.4 is 4.90 Å². The smallest absolute Gasteiger partial charge is 0.135 e. The van der Waals surface area contributed by atoms with Gasteiger partial charge in [0.1, 0.15) is 11.2 Å². The van der Waals surface area contributed by atoms with Gasteiger partial charge in [-0.05, 0) is 98.5 Å². The monoisotopic (exact) mass is 740 g/mol. The predicted molar refractivity (Wildman–Crippen MR) is 237 cm³/mol. The first-order valence-electron chi connectivity index (χ1n) is 25.0. The normalized spacial score (nSPS) is 15.9. The van der Waals surface area contributed by atoms with E-state index in [0.29, 0.717) is 22.1 Å². The first-order valence-corrected chi connectivity index (χ1v) is 18.5. The zero-order chi connectivity index (χ0) is 49.1. The molecule has 1 aromatic heterocycles. The summed E-state index contributed by atoms with van der Waals surface area (Å²) < 4.78 is 126. The number of para-hydroxylation sites is 2. The van der Waals surface area contributed by atoms with E-state index in [4.69, 9.17) is 14.0 Å². The highest BCUT2D eigenvalue weighted by Gasteiger charge is 2.46. The Balaban J connectivity index is 1.27. The molecule has 1 heterocycles. The fraction of sp³-hybridized carbons (Fsp3) is 0.0182. The van der Waals surface area contributed by atoms with Crippen molar-refractivity contribution in [3.63, 3.8) is 0 Å². The maximum Gasteiger partial charge on any atom is 0.135 e. The second-order valence-electron chi connectivity index (χ2n) is 13.8. The van der Waals surface area contributed by atoms with E-state index in [-0.39, 0.29) is 11.3 Å². The number of fused-ring (bicyclic) bond motifs is 6. The van der Waals surface area contributed by atoms with Crippen LogP contribution in [0.25, 0.3) is 55.3 Å². The number of nitrogens with zero attached hydrogens (tertiary/aromatic N) is 1. The molecular formula is C55H37NO. The van der Waals surface area contributed by atoms with Gasteiger partial charge in [-0.25, -0.2) is 0 Å². The Morgan fingerprint density at radius 1 is 0.404 bits per heavy atom. The van der Waals surface area contributed by atoms with E-state index >= 15 is 0 Å². The Morgan fingerprint density at radius 2 is 1.05 bits per heavy atom. The van der Waals surface area contributed by atoms with Crippen LogP contribution >= 0.6 is 0 Å². The number of hydrogen-bond donors (Lipinski definition) is 0. The molecule has 0 N–H and O–H groups in total. The van der Waals surface area contributed by atoms with Gasteiger partial charge in [-0.3, -0.25) is 0 Å². The summed E-state index contributed by atoms with van der Waals surface area (Å²) in [5.41, 5.74) is 3.96. The van der Waals surface area contributed by atoms with Crippen LogP contribution in [0.15, 0.2) is 229 Å². The van der Waals surface area contributed by atoms with Crippen molar-refractivity contribution in [2.75, 3.05) is 4.90 Å². The van der Waals surface area contributed by atoms with Crippen molar-refractivity contribution in [2.24, 2.45) is 0 Å². The van der Waals surface area contributed by atoms with Crippen molar-refractivity contribution in [1.82, 2.24) is 0 Å². The molecule has 0 saturated carbocycles. The molecule has 2 heteroatoms. The molecule has 0 aliphatic heterocycles. The lowest BCUT2D eigenvalue weighted by Crippen LogP contribution is -2.28. The Hall–Kier alpha value is -7.42. The molecular weight excluding hydrogens is 691 g/mol. The van der Waals surface area contributed by atoms with Crippen LogP contribution in [-0.2, 0) is 5.41 Å². The number of benzene rings is 9. The first-order chi connectivity index (χ1) is 33.7. The molecule has 11 rings (SSSR count). The molecule has 10 aromatic rings. The summed E-state index contributed by atoms with van der Waals surface area (Å²) in [4.78, 5) is 1.23. The molecule has 57 heavy (non-hydrogen) atoms. The lowest BCUT2D eigenvalue weighted by Gasteiger charge is -2.35. The van der Waals surface area contributed by atoms with Crippen LogP contribution in [0.4, 0.5) is 17.1 Å². The van der Waals surface area contributed by atoms with Crippen molar-refractivity contribution in [1.29, 1.82) is 0 Å². The molecule has 0 bridgehead atoms. The van der Waals surface area contributed by atoms with Crippen molar-refractivity contribution < 1.29 is 22.2 Å². The van der Waals surface area contributed by atoms with Gasteiger partial charge in [0.05, 0.1) is 28.9 Å². The Labute approximate surface area is 350 Å². The minimum atomic E-state index is -1.00.